The van der Waals surface area contributed by atoms with Gasteiger partial charge in [0.25, 0.3) is 5.91 Å². The van der Waals surface area contributed by atoms with Gasteiger partial charge in [-0.1, -0.05) is 0 Å². The highest BCUT2D eigenvalue weighted by Gasteiger charge is 2.25. The van der Waals surface area contributed by atoms with Gasteiger partial charge in [0.05, 0.1) is 6.10 Å². The number of carbonyl (C=O) groups excluding carboxylic acids is 1. The lowest BCUT2D eigenvalue weighted by molar-refractivity contribution is 0.0915. The minimum Gasteiger partial charge on any atom is -0.398 e. The van der Waals surface area contributed by atoms with E-state index in [-0.39, 0.29) is 18.1 Å². The van der Waals surface area contributed by atoms with E-state index in [4.69, 9.17) is 10.5 Å². The molecule has 5 heteroatoms. The molecule has 0 saturated heterocycles. The van der Waals surface area contributed by atoms with Crippen LogP contribution in [-0.2, 0) is 4.74 Å². The van der Waals surface area contributed by atoms with Crippen molar-refractivity contribution in [3.63, 3.8) is 0 Å². The first kappa shape index (κ1) is 13.4. The maximum atomic E-state index is 12.0. The maximum Gasteiger partial charge on any atom is 0.251 e. The van der Waals surface area contributed by atoms with Gasteiger partial charge in [0, 0.05) is 28.9 Å². The van der Waals surface area contributed by atoms with Crippen molar-refractivity contribution in [2.45, 2.75) is 31.4 Å². The number of ether oxygens (including phenoxy) is 1. The summed E-state index contributed by atoms with van der Waals surface area (Å²) in [6.07, 6.45) is 3.12. The van der Waals surface area contributed by atoms with E-state index in [1.165, 1.54) is 0 Å². The van der Waals surface area contributed by atoms with Crippen molar-refractivity contribution in [1.82, 2.24) is 5.32 Å². The largest absolute Gasteiger partial charge is 0.398 e. The number of anilines is 1. The Morgan fingerprint density at radius 2 is 2.28 bits per heavy atom. The molecule has 0 aliphatic heterocycles. The number of hydrogen-bond donors (Lipinski definition) is 2. The van der Waals surface area contributed by atoms with Crippen molar-refractivity contribution >= 4 is 27.5 Å². The lowest BCUT2D eigenvalue weighted by Gasteiger charge is -2.13. The summed E-state index contributed by atoms with van der Waals surface area (Å²) in [4.78, 5) is 12.0. The van der Waals surface area contributed by atoms with Gasteiger partial charge in [-0.25, -0.2) is 0 Å². The van der Waals surface area contributed by atoms with Gasteiger partial charge in [0.15, 0.2) is 0 Å². The molecule has 4 nitrogen and oxygen atoms in total. The summed E-state index contributed by atoms with van der Waals surface area (Å²) in [6.45, 7) is 0. The Morgan fingerprint density at radius 3 is 2.89 bits per heavy atom. The number of nitrogens with one attached hydrogen (secondary N) is 1. The first-order chi connectivity index (χ1) is 8.60. The molecular formula is C13H17BrN2O2. The Kier molecular flexibility index (Phi) is 4.24. The molecule has 3 N–H and O–H groups in total. The first-order valence-corrected chi connectivity index (χ1v) is 6.78. The van der Waals surface area contributed by atoms with Crippen LogP contribution in [0, 0.1) is 0 Å². The minimum atomic E-state index is -0.0732. The van der Waals surface area contributed by atoms with Gasteiger partial charge >= 0.3 is 0 Å². The third-order valence-corrected chi connectivity index (χ3v) is 4.03. The molecule has 18 heavy (non-hydrogen) atoms. The van der Waals surface area contributed by atoms with Crippen LogP contribution in [0.25, 0.3) is 0 Å². The van der Waals surface area contributed by atoms with E-state index in [9.17, 15) is 4.79 Å². The third-order valence-electron chi connectivity index (χ3n) is 3.31. The highest BCUT2D eigenvalue weighted by Crippen LogP contribution is 2.23. The Hall–Kier alpha value is -1.07. The molecule has 1 aromatic rings. The predicted molar refractivity (Wildman–Crippen MR) is 74.5 cm³/mol. The average Bonchev–Trinajstić information content (AvgIpc) is 2.80. The summed E-state index contributed by atoms with van der Waals surface area (Å²) >= 11 is 3.31. The predicted octanol–water partition coefficient (Wildman–Crippen LogP) is 2.33. The van der Waals surface area contributed by atoms with Crippen LogP contribution in [0.15, 0.2) is 22.7 Å². The maximum absolute atomic E-state index is 12.0. The summed E-state index contributed by atoms with van der Waals surface area (Å²) < 4.78 is 6.09. The van der Waals surface area contributed by atoms with Crippen LogP contribution in [0.1, 0.15) is 29.6 Å². The van der Waals surface area contributed by atoms with Crippen molar-refractivity contribution in [1.29, 1.82) is 0 Å². The molecule has 0 heterocycles. The number of halogens is 1. The van der Waals surface area contributed by atoms with E-state index >= 15 is 0 Å². The van der Waals surface area contributed by atoms with Gasteiger partial charge in [0.2, 0.25) is 0 Å². The van der Waals surface area contributed by atoms with Crippen LogP contribution in [0.3, 0.4) is 0 Å². The summed E-state index contributed by atoms with van der Waals surface area (Å²) in [6, 6.07) is 5.43. The number of hydrogen-bond acceptors (Lipinski definition) is 3. The zero-order valence-electron chi connectivity index (χ0n) is 10.3. The molecule has 0 spiro atoms. The number of benzene rings is 1. The summed E-state index contributed by atoms with van der Waals surface area (Å²) in [7, 11) is 1.71. The van der Waals surface area contributed by atoms with E-state index in [0.717, 1.165) is 23.7 Å². The lowest BCUT2D eigenvalue weighted by atomic mass is 10.1. The van der Waals surface area contributed by atoms with Crippen LogP contribution in [-0.4, -0.2) is 25.2 Å². The highest BCUT2D eigenvalue weighted by atomic mass is 79.9. The van der Waals surface area contributed by atoms with Crippen LogP contribution in [0.2, 0.25) is 0 Å². The standard InChI is InChI=1S/C13H17BrN2O2/c1-18-10-4-3-9(7-10)16-13(17)8-2-5-11(14)12(15)6-8/h2,5-6,9-10H,3-4,7,15H2,1H3,(H,16,17). The van der Waals surface area contributed by atoms with Crippen LogP contribution >= 0.6 is 15.9 Å². The molecule has 98 valence electrons. The first-order valence-electron chi connectivity index (χ1n) is 5.99. The summed E-state index contributed by atoms with van der Waals surface area (Å²) in [5.41, 5.74) is 6.93. The van der Waals surface area contributed by atoms with E-state index < -0.39 is 0 Å². The zero-order valence-corrected chi connectivity index (χ0v) is 11.9. The molecule has 1 aliphatic rings. The van der Waals surface area contributed by atoms with Gasteiger partial charge in [0.1, 0.15) is 0 Å². The number of carbonyl (C=O) groups is 1. The number of nitrogen functional groups attached to an aromatic ring is 1. The molecule has 0 radical (unpaired) electrons. The van der Waals surface area contributed by atoms with Crippen LogP contribution < -0.4 is 11.1 Å². The van der Waals surface area contributed by atoms with Crippen molar-refractivity contribution in [2.24, 2.45) is 0 Å². The van der Waals surface area contributed by atoms with Gasteiger partial charge in [-0.05, 0) is 53.4 Å². The molecule has 1 saturated carbocycles. The second-order valence-electron chi connectivity index (χ2n) is 4.58. The second kappa shape index (κ2) is 5.71. The summed E-state index contributed by atoms with van der Waals surface area (Å²) in [5, 5.41) is 3.02. The molecule has 0 aromatic heterocycles. The Labute approximate surface area is 115 Å². The highest BCUT2D eigenvalue weighted by molar-refractivity contribution is 9.10. The SMILES string of the molecule is COC1CCC(NC(=O)c2ccc(Br)c(N)c2)C1. The topological polar surface area (TPSA) is 64.3 Å². The molecule has 1 amide bonds. The fraction of sp³-hybridized carbons (Fsp3) is 0.462. The monoisotopic (exact) mass is 312 g/mol. The van der Waals surface area contributed by atoms with Crippen molar-refractivity contribution in [2.75, 3.05) is 12.8 Å². The smallest absolute Gasteiger partial charge is 0.251 e. The molecule has 2 unspecified atom stereocenters. The van der Waals surface area contributed by atoms with Gasteiger partial charge in [-0.3, -0.25) is 4.79 Å². The number of rotatable bonds is 3. The van der Waals surface area contributed by atoms with Crippen molar-refractivity contribution < 1.29 is 9.53 Å². The normalized spacial score (nSPS) is 23.0. The minimum absolute atomic E-state index is 0.0732. The Balaban J connectivity index is 1.97. The van der Waals surface area contributed by atoms with Gasteiger partial charge < -0.3 is 15.8 Å². The van der Waals surface area contributed by atoms with Crippen molar-refractivity contribution in [3.05, 3.63) is 28.2 Å². The Bertz CT molecular complexity index is 451. The van der Waals surface area contributed by atoms with E-state index in [1.807, 2.05) is 0 Å². The van der Waals surface area contributed by atoms with E-state index in [2.05, 4.69) is 21.2 Å². The molecule has 1 aromatic carbocycles. The molecular weight excluding hydrogens is 296 g/mol. The Morgan fingerprint density at radius 1 is 1.50 bits per heavy atom. The lowest BCUT2D eigenvalue weighted by Crippen LogP contribution is -2.33. The van der Waals surface area contributed by atoms with Gasteiger partial charge in [-0.2, -0.15) is 0 Å². The van der Waals surface area contributed by atoms with E-state index in [0.29, 0.717) is 11.3 Å². The third kappa shape index (κ3) is 3.03. The molecule has 1 fully saturated rings. The van der Waals surface area contributed by atoms with E-state index in [1.54, 1.807) is 25.3 Å². The molecule has 0 bridgehead atoms. The van der Waals surface area contributed by atoms with Gasteiger partial charge in [-0.15, -0.1) is 0 Å². The number of amides is 1. The molecule has 2 atom stereocenters. The van der Waals surface area contributed by atoms with Crippen molar-refractivity contribution in [3.8, 4) is 0 Å². The zero-order chi connectivity index (χ0) is 13.1. The second-order valence-corrected chi connectivity index (χ2v) is 5.43. The average molecular weight is 313 g/mol. The fourth-order valence-corrected chi connectivity index (χ4v) is 2.49. The molecule has 1 aliphatic carbocycles. The molecule has 2 rings (SSSR count). The quantitative estimate of drug-likeness (QED) is 0.842. The van der Waals surface area contributed by atoms with Crippen LogP contribution in [0.4, 0.5) is 5.69 Å². The fourth-order valence-electron chi connectivity index (χ4n) is 2.24. The number of nitrogens with two attached hydrogens (primary N) is 1. The summed E-state index contributed by atoms with van der Waals surface area (Å²) in [5.74, 6) is -0.0732. The number of methoxy groups -OCH3 is 1. The van der Waals surface area contributed by atoms with Crippen LogP contribution in [0.5, 0.6) is 0 Å².